The van der Waals surface area contributed by atoms with E-state index in [9.17, 15) is 10.1 Å². The smallest absolute Gasteiger partial charge is 0.258 e. The first-order valence-corrected chi connectivity index (χ1v) is 6.18. The number of aromatic nitrogens is 2. The normalized spacial score (nSPS) is 9.61. The highest BCUT2D eigenvalue weighted by atomic mass is 79.9. The number of nitrogens with zero attached hydrogens (tertiary/aromatic N) is 3. The van der Waals surface area contributed by atoms with Gasteiger partial charge in [0.15, 0.2) is 0 Å². The van der Waals surface area contributed by atoms with Gasteiger partial charge in [-0.1, -0.05) is 39.9 Å². The Labute approximate surface area is 112 Å². The van der Waals surface area contributed by atoms with Crippen molar-refractivity contribution in [1.82, 2.24) is 9.78 Å². The molecule has 1 heterocycles. The average molecular weight is 306 g/mol. The van der Waals surface area contributed by atoms with Gasteiger partial charge in [0.05, 0.1) is 22.0 Å². The summed E-state index contributed by atoms with van der Waals surface area (Å²) in [5, 5.41) is 15.6. The van der Waals surface area contributed by atoms with Crippen molar-refractivity contribution in [2.24, 2.45) is 0 Å². The summed E-state index contributed by atoms with van der Waals surface area (Å²) in [5.41, 5.74) is 1.16. The zero-order valence-electron chi connectivity index (χ0n) is 9.21. The topological polar surface area (TPSA) is 61.0 Å². The minimum absolute atomic E-state index is 0.0144. The van der Waals surface area contributed by atoms with E-state index >= 15 is 0 Å². The van der Waals surface area contributed by atoms with E-state index in [2.05, 4.69) is 32.9 Å². The Kier molecular flexibility index (Phi) is 3.75. The van der Waals surface area contributed by atoms with Crippen LogP contribution in [0.3, 0.4) is 0 Å². The molecular weight excluding hydrogens is 298 g/mol. The Bertz CT molecular complexity index is 640. The fraction of sp³-hybridized carbons (Fsp3) is 0.0833. The highest BCUT2D eigenvalue weighted by Gasteiger charge is 2.14. The Hall–Kier alpha value is -2.13. The van der Waals surface area contributed by atoms with Crippen molar-refractivity contribution in [3.8, 4) is 17.5 Å². The maximum atomic E-state index is 10.9. The van der Waals surface area contributed by atoms with Gasteiger partial charge < -0.3 is 0 Å². The van der Waals surface area contributed by atoms with Crippen LogP contribution in [0.2, 0.25) is 0 Å². The Balaban J connectivity index is 2.43. The van der Waals surface area contributed by atoms with E-state index < -0.39 is 4.92 Å². The second-order valence-corrected chi connectivity index (χ2v) is 3.92. The van der Waals surface area contributed by atoms with Crippen LogP contribution in [-0.2, 0) is 0 Å². The van der Waals surface area contributed by atoms with Crippen molar-refractivity contribution < 1.29 is 4.92 Å². The van der Waals surface area contributed by atoms with Gasteiger partial charge in [-0.25, -0.2) is 4.68 Å². The van der Waals surface area contributed by atoms with Crippen LogP contribution in [0.1, 0.15) is 5.56 Å². The van der Waals surface area contributed by atoms with Crippen molar-refractivity contribution in [3.05, 3.63) is 52.3 Å². The summed E-state index contributed by atoms with van der Waals surface area (Å²) in [5.74, 6) is 5.73. The number of alkyl halides is 1. The Morgan fingerprint density at radius 1 is 1.44 bits per heavy atom. The van der Waals surface area contributed by atoms with Gasteiger partial charge in [0.25, 0.3) is 5.69 Å². The van der Waals surface area contributed by atoms with E-state index in [0.29, 0.717) is 16.6 Å². The second kappa shape index (κ2) is 5.47. The van der Waals surface area contributed by atoms with Crippen LogP contribution in [-0.4, -0.2) is 20.0 Å². The number of para-hydroxylation sites is 2. The molecule has 90 valence electrons. The van der Waals surface area contributed by atoms with Crippen LogP contribution in [0, 0.1) is 22.0 Å². The molecule has 0 saturated heterocycles. The molecule has 5 nitrogen and oxygen atoms in total. The average Bonchev–Trinajstić information content (AvgIpc) is 2.85. The molecule has 1 aromatic heterocycles. The van der Waals surface area contributed by atoms with Crippen LogP contribution < -0.4 is 0 Å². The summed E-state index contributed by atoms with van der Waals surface area (Å²) in [7, 11) is 0. The molecule has 0 atom stereocenters. The molecular formula is C12H8BrN3O2. The zero-order chi connectivity index (χ0) is 13.0. The highest BCUT2D eigenvalue weighted by Crippen LogP contribution is 2.21. The number of hydrogen-bond acceptors (Lipinski definition) is 3. The lowest BCUT2D eigenvalue weighted by atomic mass is 10.2. The van der Waals surface area contributed by atoms with Crippen LogP contribution in [0.25, 0.3) is 5.69 Å². The van der Waals surface area contributed by atoms with Crippen LogP contribution in [0.5, 0.6) is 0 Å². The van der Waals surface area contributed by atoms with Gasteiger partial charge in [0, 0.05) is 12.3 Å². The quantitative estimate of drug-likeness (QED) is 0.371. The number of benzene rings is 1. The third-order valence-corrected chi connectivity index (χ3v) is 2.49. The maximum Gasteiger partial charge on any atom is 0.294 e. The van der Waals surface area contributed by atoms with E-state index in [4.69, 9.17) is 0 Å². The zero-order valence-corrected chi connectivity index (χ0v) is 10.8. The molecule has 0 saturated carbocycles. The first kappa shape index (κ1) is 12.3. The van der Waals surface area contributed by atoms with Gasteiger partial charge in [0.1, 0.15) is 5.69 Å². The van der Waals surface area contributed by atoms with Crippen LogP contribution >= 0.6 is 15.9 Å². The van der Waals surface area contributed by atoms with E-state index in [-0.39, 0.29) is 5.69 Å². The molecule has 0 unspecified atom stereocenters. The predicted molar refractivity (Wildman–Crippen MR) is 70.9 cm³/mol. The molecule has 0 aliphatic rings. The van der Waals surface area contributed by atoms with Crippen LogP contribution in [0.15, 0.2) is 36.7 Å². The lowest BCUT2D eigenvalue weighted by molar-refractivity contribution is -0.384. The molecule has 2 aromatic rings. The standard InChI is InChI=1S/C12H8BrN3O2/c13-7-3-4-10-8-14-15(9-10)11-5-1-2-6-12(11)16(17)18/h1-2,5-6,8-9H,7H2. The van der Waals surface area contributed by atoms with Crippen molar-refractivity contribution in [2.45, 2.75) is 0 Å². The second-order valence-electron chi connectivity index (χ2n) is 3.35. The first-order chi connectivity index (χ1) is 8.72. The van der Waals surface area contributed by atoms with E-state index in [1.807, 2.05) is 0 Å². The van der Waals surface area contributed by atoms with Gasteiger partial charge in [0.2, 0.25) is 0 Å². The molecule has 18 heavy (non-hydrogen) atoms. The molecule has 6 heteroatoms. The molecule has 0 N–H and O–H groups in total. The fourth-order valence-corrected chi connectivity index (χ4v) is 1.61. The summed E-state index contributed by atoms with van der Waals surface area (Å²) < 4.78 is 1.45. The summed E-state index contributed by atoms with van der Waals surface area (Å²) in [4.78, 5) is 10.5. The summed E-state index contributed by atoms with van der Waals surface area (Å²) >= 11 is 3.20. The lowest BCUT2D eigenvalue weighted by Gasteiger charge is -2.01. The largest absolute Gasteiger partial charge is 0.294 e. The van der Waals surface area contributed by atoms with Crippen LogP contribution in [0.4, 0.5) is 5.69 Å². The van der Waals surface area contributed by atoms with Crippen molar-refractivity contribution in [3.63, 3.8) is 0 Å². The summed E-state index contributed by atoms with van der Waals surface area (Å²) in [6.07, 6.45) is 3.24. The van der Waals surface area contributed by atoms with Gasteiger partial charge in [-0.15, -0.1) is 0 Å². The number of nitro benzene ring substituents is 1. The van der Waals surface area contributed by atoms with Crippen molar-refractivity contribution in [2.75, 3.05) is 5.33 Å². The van der Waals surface area contributed by atoms with Gasteiger partial charge in [-0.05, 0) is 6.07 Å². The van der Waals surface area contributed by atoms with Gasteiger partial charge in [-0.3, -0.25) is 10.1 Å². The number of halogens is 1. The van der Waals surface area contributed by atoms with E-state index in [0.717, 1.165) is 0 Å². The maximum absolute atomic E-state index is 10.9. The minimum atomic E-state index is -0.430. The third kappa shape index (κ3) is 2.57. The van der Waals surface area contributed by atoms with Gasteiger partial charge in [-0.2, -0.15) is 5.10 Å². The SMILES string of the molecule is O=[N+]([O-])c1ccccc1-n1cc(C#CCBr)cn1. The molecule has 0 aliphatic carbocycles. The van der Waals surface area contributed by atoms with Gasteiger partial charge >= 0.3 is 0 Å². The molecule has 0 fully saturated rings. The molecule has 1 aromatic carbocycles. The Morgan fingerprint density at radius 3 is 2.94 bits per heavy atom. The highest BCUT2D eigenvalue weighted by molar-refractivity contribution is 9.09. The first-order valence-electron chi connectivity index (χ1n) is 5.05. The molecule has 0 aliphatic heterocycles. The van der Waals surface area contributed by atoms with E-state index in [1.54, 1.807) is 30.6 Å². The molecule has 2 rings (SSSR count). The predicted octanol–water partition coefficient (Wildman–Crippen LogP) is 2.53. The molecule has 0 bridgehead atoms. The lowest BCUT2D eigenvalue weighted by Crippen LogP contribution is -1.99. The fourth-order valence-electron chi connectivity index (χ4n) is 1.47. The number of rotatable bonds is 2. The number of hydrogen-bond donors (Lipinski definition) is 0. The summed E-state index contributed by atoms with van der Waals surface area (Å²) in [6.45, 7) is 0. The van der Waals surface area contributed by atoms with Crippen molar-refractivity contribution in [1.29, 1.82) is 0 Å². The number of nitro groups is 1. The summed E-state index contributed by atoms with van der Waals surface area (Å²) in [6, 6.07) is 6.44. The van der Waals surface area contributed by atoms with E-state index in [1.165, 1.54) is 10.7 Å². The monoisotopic (exact) mass is 305 g/mol. The van der Waals surface area contributed by atoms with Crippen molar-refractivity contribution >= 4 is 21.6 Å². The molecule has 0 radical (unpaired) electrons. The molecule has 0 amide bonds. The third-order valence-electron chi connectivity index (χ3n) is 2.21. The Morgan fingerprint density at radius 2 is 2.22 bits per heavy atom. The minimum Gasteiger partial charge on any atom is -0.258 e. The molecule has 0 spiro atoms.